The smallest absolute Gasteiger partial charge is 0.323 e. The molecule has 1 aliphatic heterocycles. The van der Waals surface area contributed by atoms with E-state index in [1.807, 2.05) is 18.2 Å². The van der Waals surface area contributed by atoms with Crippen LogP contribution in [0.5, 0.6) is 0 Å². The Bertz CT molecular complexity index is 1270. The lowest BCUT2D eigenvalue weighted by atomic mass is 9.95. The predicted molar refractivity (Wildman–Crippen MR) is 108 cm³/mol. The van der Waals surface area contributed by atoms with Gasteiger partial charge in [0, 0.05) is 18.9 Å². The van der Waals surface area contributed by atoms with Gasteiger partial charge in [0.05, 0.1) is 29.4 Å². The zero-order chi connectivity index (χ0) is 22.5. The third-order valence-corrected chi connectivity index (χ3v) is 5.86. The van der Waals surface area contributed by atoms with Crippen LogP contribution in [0.25, 0.3) is 11.5 Å². The van der Waals surface area contributed by atoms with Crippen LogP contribution in [0, 0.1) is 0 Å². The fourth-order valence-electron chi connectivity index (χ4n) is 3.78. The summed E-state index contributed by atoms with van der Waals surface area (Å²) in [4.78, 5) is 23.1. The fraction of sp³-hybridized carbons (Fsp3) is 0.190. The topological polar surface area (TPSA) is 76.8 Å². The van der Waals surface area contributed by atoms with E-state index in [2.05, 4.69) is 20.2 Å². The normalized spacial score (nSPS) is 17.8. The van der Waals surface area contributed by atoms with E-state index in [0.29, 0.717) is 18.1 Å². The third kappa shape index (κ3) is 3.36. The monoisotopic (exact) mass is 458 g/mol. The number of nitrogens with zero attached hydrogens (tertiary/aromatic N) is 6. The van der Waals surface area contributed by atoms with Crippen molar-refractivity contribution in [1.82, 2.24) is 29.6 Å². The van der Waals surface area contributed by atoms with Crippen LogP contribution >= 0.6 is 11.6 Å². The molecule has 0 bridgehead atoms. The standard InChI is InChI=1S/C21H14ClF3N6O/c22-17-13(5-2-6-14(17)21(23,24)25)10-30-16(12-3-1-4-12)11-31-18(15-9-26-7-8-27-15)28-29-19(31)20(30)32/h1-9,16H,10-11H2. The van der Waals surface area contributed by atoms with Crippen molar-refractivity contribution >= 4 is 17.5 Å². The summed E-state index contributed by atoms with van der Waals surface area (Å²) >= 11 is 6.08. The Kier molecular flexibility index (Phi) is 4.81. The van der Waals surface area contributed by atoms with Crippen LogP contribution in [0.2, 0.25) is 5.02 Å². The molecule has 7 nitrogen and oxygen atoms in total. The molecule has 5 rings (SSSR count). The molecule has 1 amide bonds. The number of rotatable bonds is 4. The van der Waals surface area contributed by atoms with Crippen molar-refractivity contribution in [2.75, 3.05) is 0 Å². The summed E-state index contributed by atoms with van der Waals surface area (Å²) in [6, 6.07) is 3.25. The molecule has 3 aromatic rings. The van der Waals surface area contributed by atoms with Gasteiger partial charge < -0.3 is 4.90 Å². The van der Waals surface area contributed by atoms with Crippen molar-refractivity contribution in [2.45, 2.75) is 25.3 Å². The highest BCUT2D eigenvalue weighted by Gasteiger charge is 2.39. The van der Waals surface area contributed by atoms with Gasteiger partial charge in [-0.15, -0.1) is 10.2 Å². The highest BCUT2D eigenvalue weighted by molar-refractivity contribution is 6.32. The third-order valence-electron chi connectivity index (χ3n) is 5.41. The number of fused-ring (bicyclic) bond motifs is 1. The van der Waals surface area contributed by atoms with Gasteiger partial charge in [-0.2, -0.15) is 13.2 Å². The van der Waals surface area contributed by atoms with Gasteiger partial charge in [0.15, 0.2) is 5.82 Å². The Labute approximate surface area is 184 Å². The molecule has 0 spiro atoms. The molecule has 11 heteroatoms. The lowest BCUT2D eigenvalue weighted by Crippen LogP contribution is -2.49. The quantitative estimate of drug-likeness (QED) is 0.592. The largest absolute Gasteiger partial charge is 0.417 e. The first-order valence-electron chi connectivity index (χ1n) is 9.58. The van der Waals surface area contributed by atoms with E-state index in [9.17, 15) is 18.0 Å². The Morgan fingerprint density at radius 2 is 1.94 bits per heavy atom. The first-order valence-corrected chi connectivity index (χ1v) is 9.96. The summed E-state index contributed by atoms with van der Waals surface area (Å²) in [6.45, 7) is 0.206. The molecule has 1 unspecified atom stereocenters. The molecule has 2 aliphatic rings. The number of carbonyl (C=O) groups excluding carboxylic acids is 1. The van der Waals surface area contributed by atoms with Crippen molar-refractivity contribution in [3.8, 4) is 11.5 Å². The molecule has 2 aromatic heterocycles. The van der Waals surface area contributed by atoms with Crippen LogP contribution < -0.4 is 0 Å². The van der Waals surface area contributed by atoms with Gasteiger partial charge in [-0.25, -0.2) is 4.98 Å². The first-order chi connectivity index (χ1) is 15.3. The molecule has 32 heavy (non-hydrogen) atoms. The number of carbonyl (C=O) groups is 1. The Balaban J connectivity index is 1.54. The Morgan fingerprint density at radius 1 is 1.16 bits per heavy atom. The van der Waals surface area contributed by atoms with E-state index in [1.165, 1.54) is 35.6 Å². The van der Waals surface area contributed by atoms with E-state index in [4.69, 9.17) is 11.6 Å². The lowest BCUT2D eigenvalue weighted by molar-refractivity contribution is -0.137. The van der Waals surface area contributed by atoms with Gasteiger partial charge in [-0.3, -0.25) is 14.3 Å². The van der Waals surface area contributed by atoms with Crippen LogP contribution in [-0.2, 0) is 19.3 Å². The van der Waals surface area contributed by atoms with Crippen molar-refractivity contribution in [1.29, 1.82) is 0 Å². The summed E-state index contributed by atoms with van der Waals surface area (Å²) in [5, 5.41) is 7.72. The second-order valence-corrected chi connectivity index (χ2v) is 7.68. The van der Waals surface area contributed by atoms with E-state index in [0.717, 1.165) is 11.6 Å². The molecule has 0 saturated carbocycles. The van der Waals surface area contributed by atoms with Gasteiger partial charge in [0.2, 0.25) is 5.82 Å². The second kappa shape index (κ2) is 7.56. The summed E-state index contributed by atoms with van der Waals surface area (Å²) in [7, 11) is 0. The van der Waals surface area contributed by atoms with Crippen LogP contribution in [0.3, 0.4) is 0 Å². The van der Waals surface area contributed by atoms with E-state index in [-0.39, 0.29) is 17.9 Å². The molecular weight excluding hydrogens is 445 g/mol. The summed E-state index contributed by atoms with van der Waals surface area (Å²) in [5.41, 5.74) is 0.593. The van der Waals surface area contributed by atoms with Gasteiger partial charge in [0.25, 0.3) is 5.91 Å². The maximum atomic E-state index is 13.4. The van der Waals surface area contributed by atoms with E-state index >= 15 is 0 Å². The first kappa shape index (κ1) is 20.4. The van der Waals surface area contributed by atoms with Gasteiger partial charge in [-0.05, 0) is 17.2 Å². The number of hydrogen-bond donors (Lipinski definition) is 0. The summed E-state index contributed by atoms with van der Waals surface area (Å²) in [5.74, 6) is 0.0135. The molecule has 0 radical (unpaired) electrons. The van der Waals surface area contributed by atoms with Gasteiger partial charge >= 0.3 is 6.18 Å². The zero-order valence-corrected chi connectivity index (χ0v) is 17.0. The SMILES string of the molecule is O=C1c2nnc(-c3cnccn3)n2CC(C2=CC=C2)N1Cc1cccc(C(F)(F)F)c1Cl. The maximum absolute atomic E-state index is 13.4. The molecule has 1 aliphatic carbocycles. The number of benzene rings is 1. The number of halogens is 4. The predicted octanol–water partition coefficient (Wildman–Crippen LogP) is 3.93. The van der Waals surface area contributed by atoms with Crippen LogP contribution in [-0.4, -0.2) is 41.6 Å². The van der Waals surface area contributed by atoms with Gasteiger partial charge in [0.1, 0.15) is 5.69 Å². The molecule has 0 N–H and O–H groups in total. The average Bonchev–Trinajstić information content (AvgIpc) is 3.14. The maximum Gasteiger partial charge on any atom is 0.417 e. The molecular formula is C21H14ClF3N6O. The second-order valence-electron chi connectivity index (χ2n) is 7.30. The Morgan fingerprint density at radius 3 is 2.59 bits per heavy atom. The molecule has 3 heterocycles. The number of alkyl halides is 3. The summed E-state index contributed by atoms with van der Waals surface area (Å²) in [6.07, 6.45) is 5.51. The number of amides is 1. The van der Waals surface area contributed by atoms with Crippen LogP contribution in [0.1, 0.15) is 21.7 Å². The molecule has 0 fully saturated rings. The zero-order valence-electron chi connectivity index (χ0n) is 16.3. The van der Waals surface area contributed by atoms with Crippen molar-refractivity contribution in [2.24, 2.45) is 0 Å². The Hall–Kier alpha value is -3.53. The minimum atomic E-state index is -4.59. The van der Waals surface area contributed by atoms with E-state index < -0.39 is 28.7 Å². The number of aromatic nitrogens is 5. The molecule has 0 saturated heterocycles. The van der Waals surface area contributed by atoms with Crippen LogP contribution in [0.15, 0.2) is 60.6 Å². The summed E-state index contributed by atoms with van der Waals surface area (Å²) < 4.78 is 41.6. The minimum Gasteiger partial charge on any atom is -0.323 e. The highest BCUT2D eigenvalue weighted by Crippen LogP contribution is 2.38. The van der Waals surface area contributed by atoms with Gasteiger partial charge in [-0.1, -0.05) is 42.0 Å². The van der Waals surface area contributed by atoms with Crippen LogP contribution in [0.4, 0.5) is 13.2 Å². The fourth-order valence-corrected chi connectivity index (χ4v) is 4.07. The number of hydrogen-bond acceptors (Lipinski definition) is 5. The molecule has 1 atom stereocenters. The number of allylic oxidation sites excluding steroid dienone is 2. The average molecular weight is 459 g/mol. The van der Waals surface area contributed by atoms with Crippen molar-refractivity contribution in [3.05, 3.63) is 82.6 Å². The lowest BCUT2D eigenvalue weighted by Gasteiger charge is -2.38. The van der Waals surface area contributed by atoms with E-state index in [1.54, 1.807) is 4.57 Å². The van der Waals surface area contributed by atoms with Crippen molar-refractivity contribution in [3.63, 3.8) is 0 Å². The minimum absolute atomic E-state index is 0.0777. The highest BCUT2D eigenvalue weighted by atomic mass is 35.5. The van der Waals surface area contributed by atoms with Crippen molar-refractivity contribution < 1.29 is 18.0 Å². The molecule has 162 valence electrons. The molecule has 1 aromatic carbocycles.